The smallest absolute Gasteiger partial charge is 0.308 e. The number of nitrogens with one attached hydrogen (secondary N) is 2. The van der Waals surface area contributed by atoms with Crippen LogP contribution in [0.2, 0.25) is 0 Å². The van der Waals surface area contributed by atoms with Gasteiger partial charge < -0.3 is 20.1 Å². The van der Waals surface area contributed by atoms with Crippen LogP contribution in [0.5, 0.6) is 5.75 Å². The molecule has 0 saturated carbocycles. The maximum absolute atomic E-state index is 12.3. The predicted octanol–water partition coefficient (Wildman–Crippen LogP) is 3.07. The minimum Gasteiger partial charge on any atom is -0.495 e. The molecule has 1 aliphatic heterocycles. The molecule has 2 aromatic carbocycles. The number of rotatable bonds is 6. The molecule has 0 fully saturated rings. The molecule has 0 unspecified atom stereocenters. The summed E-state index contributed by atoms with van der Waals surface area (Å²) in [6.07, 6.45) is -1.14. The first kappa shape index (κ1) is 19.8. The van der Waals surface area contributed by atoms with Gasteiger partial charge in [-0.2, -0.15) is 0 Å². The Morgan fingerprint density at radius 1 is 1.18 bits per heavy atom. The second-order valence-corrected chi connectivity index (χ2v) is 7.36. The van der Waals surface area contributed by atoms with Gasteiger partial charge in [-0.1, -0.05) is 24.3 Å². The van der Waals surface area contributed by atoms with Crippen LogP contribution in [0.25, 0.3) is 0 Å². The molecule has 0 aliphatic carbocycles. The molecule has 0 radical (unpaired) electrons. The molecule has 0 spiro atoms. The average Bonchev–Trinajstić information content (AvgIpc) is 2.68. The van der Waals surface area contributed by atoms with Crippen LogP contribution in [-0.4, -0.2) is 36.2 Å². The largest absolute Gasteiger partial charge is 0.495 e. The Balaban J connectivity index is 1.55. The first-order chi connectivity index (χ1) is 13.5. The number of carbonyl (C=O) groups excluding carboxylic acids is 3. The third-order valence-electron chi connectivity index (χ3n) is 4.10. The first-order valence-corrected chi connectivity index (χ1v) is 9.56. The third-order valence-corrected chi connectivity index (χ3v) is 5.38. The Morgan fingerprint density at radius 3 is 2.68 bits per heavy atom. The molecular weight excluding hydrogens is 380 g/mol. The second-order valence-electron chi connectivity index (χ2n) is 6.12. The van der Waals surface area contributed by atoms with E-state index >= 15 is 0 Å². The monoisotopic (exact) mass is 400 g/mol. The molecule has 2 atom stereocenters. The van der Waals surface area contributed by atoms with Gasteiger partial charge in [0.15, 0.2) is 6.10 Å². The van der Waals surface area contributed by atoms with Gasteiger partial charge in [-0.05, 0) is 31.2 Å². The SMILES string of the molecule is COc1ccccc1NC(=O)[C@H](C)OC(=O)C[C@H]1Sc2ccccc2NC1=O. The molecule has 2 N–H and O–H groups in total. The van der Waals surface area contributed by atoms with Gasteiger partial charge in [0, 0.05) is 4.90 Å². The van der Waals surface area contributed by atoms with E-state index in [1.54, 1.807) is 30.3 Å². The lowest BCUT2D eigenvalue weighted by Gasteiger charge is -2.23. The molecule has 8 heteroatoms. The highest BCUT2D eigenvalue weighted by atomic mass is 32.2. The molecule has 2 aromatic rings. The van der Waals surface area contributed by atoms with E-state index in [1.165, 1.54) is 25.8 Å². The van der Waals surface area contributed by atoms with Crippen molar-refractivity contribution in [2.75, 3.05) is 17.7 Å². The number of ether oxygens (including phenoxy) is 2. The zero-order valence-corrected chi connectivity index (χ0v) is 16.2. The number of amides is 2. The van der Waals surface area contributed by atoms with E-state index in [4.69, 9.17) is 9.47 Å². The normalized spacial score (nSPS) is 16.4. The molecule has 1 heterocycles. The van der Waals surface area contributed by atoms with Crippen LogP contribution in [0.1, 0.15) is 13.3 Å². The van der Waals surface area contributed by atoms with E-state index in [0.29, 0.717) is 11.4 Å². The summed E-state index contributed by atoms with van der Waals surface area (Å²) in [4.78, 5) is 37.6. The summed E-state index contributed by atoms with van der Waals surface area (Å²) < 4.78 is 10.4. The van der Waals surface area contributed by atoms with Crippen LogP contribution in [0.3, 0.4) is 0 Å². The van der Waals surface area contributed by atoms with E-state index in [2.05, 4.69) is 10.6 Å². The number of hydrogen-bond donors (Lipinski definition) is 2. The molecule has 7 nitrogen and oxygen atoms in total. The van der Waals surface area contributed by atoms with Gasteiger partial charge in [0.05, 0.1) is 30.2 Å². The molecule has 0 aromatic heterocycles. The van der Waals surface area contributed by atoms with E-state index in [-0.39, 0.29) is 12.3 Å². The number of carbonyl (C=O) groups is 3. The van der Waals surface area contributed by atoms with E-state index in [1.807, 2.05) is 18.2 Å². The van der Waals surface area contributed by atoms with Crippen LogP contribution in [-0.2, 0) is 19.1 Å². The van der Waals surface area contributed by atoms with Crippen molar-refractivity contribution < 1.29 is 23.9 Å². The zero-order chi connectivity index (χ0) is 20.1. The van der Waals surface area contributed by atoms with Gasteiger partial charge in [0.1, 0.15) is 5.75 Å². The average molecular weight is 400 g/mol. The molecule has 28 heavy (non-hydrogen) atoms. The van der Waals surface area contributed by atoms with Gasteiger partial charge in [-0.3, -0.25) is 14.4 Å². The fourth-order valence-electron chi connectivity index (χ4n) is 2.66. The minimum absolute atomic E-state index is 0.128. The van der Waals surface area contributed by atoms with E-state index in [9.17, 15) is 14.4 Å². The molecule has 0 bridgehead atoms. The summed E-state index contributed by atoms with van der Waals surface area (Å²) in [5.74, 6) is -0.853. The van der Waals surface area contributed by atoms with E-state index < -0.39 is 23.2 Å². The number of thioether (sulfide) groups is 1. The van der Waals surface area contributed by atoms with Crippen molar-refractivity contribution in [1.29, 1.82) is 0 Å². The third kappa shape index (κ3) is 4.64. The zero-order valence-electron chi connectivity index (χ0n) is 15.4. The molecule has 0 saturated heterocycles. The van der Waals surface area contributed by atoms with Crippen molar-refractivity contribution in [1.82, 2.24) is 0 Å². The molecular formula is C20H20N2O5S. The van der Waals surface area contributed by atoms with E-state index in [0.717, 1.165) is 10.6 Å². The maximum atomic E-state index is 12.3. The van der Waals surface area contributed by atoms with Gasteiger partial charge in [0.25, 0.3) is 5.91 Å². The predicted molar refractivity (Wildman–Crippen MR) is 107 cm³/mol. The van der Waals surface area contributed by atoms with Crippen LogP contribution in [0.15, 0.2) is 53.4 Å². The van der Waals surface area contributed by atoms with Gasteiger partial charge >= 0.3 is 5.97 Å². The van der Waals surface area contributed by atoms with Crippen molar-refractivity contribution in [2.45, 2.75) is 29.6 Å². The summed E-state index contributed by atoms with van der Waals surface area (Å²) >= 11 is 1.31. The van der Waals surface area contributed by atoms with Gasteiger partial charge in [-0.15, -0.1) is 11.8 Å². The van der Waals surface area contributed by atoms with Crippen LogP contribution < -0.4 is 15.4 Å². The summed E-state index contributed by atoms with van der Waals surface area (Å²) in [6.45, 7) is 1.48. The first-order valence-electron chi connectivity index (χ1n) is 8.68. The number of methoxy groups -OCH3 is 1. The number of fused-ring (bicyclic) bond motifs is 1. The molecule has 3 rings (SSSR count). The van der Waals surface area contributed by atoms with Crippen LogP contribution in [0.4, 0.5) is 11.4 Å². The fraction of sp³-hybridized carbons (Fsp3) is 0.250. The van der Waals surface area contributed by atoms with Gasteiger partial charge in [0.2, 0.25) is 5.91 Å². The molecule has 146 valence electrons. The quantitative estimate of drug-likeness (QED) is 0.724. The van der Waals surface area contributed by atoms with Crippen molar-refractivity contribution in [3.8, 4) is 5.75 Å². The van der Waals surface area contributed by atoms with Crippen molar-refractivity contribution in [3.63, 3.8) is 0 Å². The maximum Gasteiger partial charge on any atom is 0.308 e. The minimum atomic E-state index is -1.01. The highest BCUT2D eigenvalue weighted by molar-refractivity contribution is 8.01. The Hall–Kier alpha value is -3.00. The van der Waals surface area contributed by atoms with Crippen LogP contribution in [0, 0.1) is 0 Å². The van der Waals surface area contributed by atoms with Crippen molar-refractivity contribution in [2.24, 2.45) is 0 Å². The topological polar surface area (TPSA) is 93.7 Å². The van der Waals surface area contributed by atoms with Gasteiger partial charge in [-0.25, -0.2) is 0 Å². The van der Waals surface area contributed by atoms with Crippen molar-refractivity contribution >= 4 is 40.9 Å². The number of esters is 1. The standard InChI is InChI=1S/C20H20N2O5S/c1-12(19(24)21-13-7-3-5-9-15(13)26-2)27-18(23)11-17-20(25)22-14-8-4-6-10-16(14)28-17/h3-10,12,17H,11H2,1-2H3,(H,21,24)(H,22,25)/t12-,17+/m0/s1. The van der Waals surface area contributed by atoms with Crippen LogP contribution >= 0.6 is 11.8 Å². The summed E-state index contributed by atoms with van der Waals surface area (Å²) in [5.41, 5.74) is 1.21. The summed E-state index contributed by atoms with van der Waals surface area (Å²) in [5, 5.41) is 4.84. The lowest BCUT2D eigenvalue weighted by atomic mass is 10.2. The Bertz CT molecular complexity index is 902. The number of benzene rings is 2. The number of para-hydroxylation sites is 3. The molecule has 1 aliphatic rings. The Morgan fingerprint density at radius 2 is 1.89 bits per heavy atom. The Labute approximate surface area is 166 Å². The lowest BCUT2D eigenvalue weighted by molar-refractivity contribution is -0.153. The molecule has 2 amide bonds. The second kappa shape index (κ2) is 8.79. The lowest BCUT2D eigenvalue weighted by Crippen LogP contribution is -2.34. The highest BCUT2D eigenvalue weighted by Crippen LogP contribution is 2.36. The Kier molecular flexibility index (Phi) is 6.20. The fourth-order valence-corrected chi connectivity index (χ4v) is 3.75. The summed E-state index contributed by atoms with van der Waals surface area (Å²) in [6, 6.07) is 14.3. The number of hydrogen-bond acceptors (Lipinski definition) is 6. The highest BCUT2D eigenvalue weighted by Gasteiger charge is 2.30. The summed E-state index contributed by atoms with van der Waals surface area (Å²) in [7, 11) is 1.50. The number of anilines is 2. The van der Waals surface area contributed by atoms with Crippen molar-refractivity contribution in [3.05, 3.63) is 48.5 Å².